The van der Waals surface area contributed by atoms with Crippen molar-refractivity contribution in [2.75, 3.05) is 13.1 Å². The molecular weight excluding hydrogens is 280 g/mol. The average molecular weight is 300 g/mol. The van der Waals surface area contributed by atoms with Gasteiger partial charge in [0.05, 0.1) is 18.3 Å². The molecule has 2 atom stereocenters. The summed E-state index contributed by atoms with van der Waals surface area (Å²) in [4.78, 5) is 14.6. The highest BCUT2D eigenvalue weighted by atomic mass is 16.5. The lowest BCUT2D eigenvalue weighted by atomic mass is 10.1. The van der Waals surface area contributed by atoms with Gasteiger partial charge in [-0.2, -0.15) is 0 Å². The number of rotatable bonds is 2. The molecule has 2 aromatic rings. The van der Waals surface area contributed by atoms with Crippen molar-refractivity contribution >= 4 is 5.91 Å². The smallest absolute Gasteiger partial charge is 0.259 e. The Morgan fingerprint density at radius 2 is 1.95 bits per heavy atom. The number of nitrogens with zero attached hydrogens (tertiary/aromatic N) is 2. The quantitative estimate of drug-likeness (QED) is 0.855. The Labute approximate surface area is 129 Å². The van der Waals surface area contributed by atoms with Crippen molar-refractivity contribution in [1.29, 1.82) is 0 Å². The number of carbonyl (C=O) groups excluding carboxylic acids is 1. The van der Waals surface area contributed by atoms with Gasteiger partial charge in [-0.15, -0.1) is 0 Å². The molecule has 0 saturated carbocycles. The summed E-state index contributed by atoms with van der Waals surface area (Å²) < 4.78 is 11.1. The van der Waals surface area contributed by atoms with Crippen LogP contribution in [0.4, 0.5) is 0 Å². The number of carbonyl (C=O) groups is 1. The molecule has 0 unspecified atom stereocenters. The Bertz CT molecular complexity index is 646. The predicted molar refractivity (Wildman–Crippen MR) is 81.6 cm³/mol. The third-order valence-electron chi connectivity index (χ3n) is 3.97. The first-order chi connectivity index (χ1) is 10.6. The van der Waals surface area contributed by atoms with E-state index < -0.39 is 0 Å². The van der Waals surface area contributed by atoms with E-state index in [1.165, 1.54) is 0 Å². The summed E-state index contributed by atoms with van der Waals surface area (Å²) in [7, 11) is 0. The van der Waals surface area contributed by atoms with Crippen molar-refractivity contribution in [3.63, 3.8) is 0 Å². The third-order valence-corrected chi connectivity index (χ3v) is 3.97. The fourth-order valence-corrected chi connectivity index (χ4v) is 2.92. The van der Waals surface area contributed by atoms with E-state index >= 15 is 0 Å². The van der Waals surface area contributed by atoms with E-state index in [4.69, 9.17) is 9.26 Å². The first-order valence-electron chi connectivity index (χ1n) is 7.49. The van der Waals surface area contributed by atoms with E-state index in [0.717, 1.165) is 5.56 Å². The molecule has 5 nitrogen and oxygen atoms in total. The van der Waals surface area contributed by atoms with Gasteiger partial charge in [-0.3, -0.25) is 4.79 Å². The van der Waals surface area contributed by atoms with Gasteiger partial charge in [0.15, 0.2) is 0 Å². The third kappa shape index (κ3) is 2.76. The van der Waals surface area contributed by atoms with Crippen LogP contribution in [0.15, 0.2) is 34.9 Å². The van der Waals surface area contributed by atoms with E-state index in [9.17, 15) is 4.79 Å². The lowest BCUT2D eigenvalue weighted by Crippen LogP contribution is -2.46. The summed E-state index contributed by atoms with van der Waals surface area (Å²) in [6.45, 7) is 6.67. The summed E-state index contributed by atoms with van der Waals surface area (Å²) in [6, 6.07) is 10.0. The molecule has 0 radical (unpaired) electrons. The largest absolute Gasteiger partial charge is 0.367 e. The summed E-state index contributed by atoms with van der Waals surface area (Å²) in [5.41, 5.74) is 2.30. The second-order valence-corrected chi connectivity index (χ2v) is 5.76. The molecule has 1 aliphatic heterocycles. The molecule has 2 heterocycles. The van der Waals surface area contributed by atoms with Gasteiger partial charge in [0.1, 0.15) is 17.4 Å². The van der Waals surface area contributed by atoms with Gasteiger partial charge >= 0.3 is 0 Å². The maximum absolute atomic E-state index is 12.8. The first-order valence-corrected chi connectivity index (χ1v) is 7.49. The molecular formula is C17H20N2O3. The Balaban J connectivity index is 1.84. The van der Waals surface area contributed by atoms with Crippen LogP contribution in [0.1, 0.15) is 40.4 Å². The zero-order valence-corrected chi connectivity index (χ0v) is 13.1. The summed E-state index contributed by atoms with van der Waals surface area (Å²) in [5.74, 6) is 0.533. The monoisotopic (exact) mass is 300 g/mol. The number of benzene rings is 1. The summed E-state index contributed by atoms with van der Waals surface area (Å²) in [6.07, 6.45) is -0.113. The highest BCUT2D eigenvalue weighted by Gasteiger charge is 2.32. The summed E-state index contributed by atoms with van der Waals surface area (Å²) in [5, 5.41) is 3.87. The van der Waals surface area contributed by atoms with Crippen molar-refractivity contribution in [2.24, 2.45) is 0 Å². The second kappa shape index (κ2) is 5.93. The minimum atomic E-state index is -0.102. The molecule has 22 heavy (non-hydrogen) atoms. The van der Waals surface area contributed by atoms with Crippen LogP contribution in [0.3, 0.4) is 0 Å². The minimum Gasteiger partial charge on any atom is -0.367 e. The molecule has 3 rings (SSSR count). The lowest BCUT2D eigenvalue weighted by Gasteiger charge is -2.37. The van der Waals surface area contributed by atoms with Crippen LogP contribution in [0.2, 0.25) is 0 Å². The van der Waals surface area contributed by atoms with E-state index in [1.807, 2.05) is 42.2 Å². The van der Waals surface area contributed by atoms with Crippen molar-refractivity contribution < 1.29 is 14.1 Å². The topological polar surface area (TPSA) is 55.6 Å². The zero-order valence-electron chi connectivity index (χ0n) is 13.1. The maximum Gasteiger partial charge on any atom is 0.259 e. The maximum atomic E-state index is 12.8. The molecule has 5 heteroatoms. The fraction of sp³-hybridized carbons (Fsp3) is 0.412. The molecule has 1 aliphatic rings. The molecule has 1 amide bonds. The highest BCUT2D eigenvalue weighted by Crippen LogP contribution is 2.27. The standard InChI is InChI=1S/C17H20N2O3/c1-11-9-19(17(20)16-12(2)18-22-13(16)3)10-15(21-11)14-7-5-4-6-8-14/h4-8,11,15H,9-10H2,1-3H3/t11-,15+/m1/s1. The van der Waals surface area contributed by atoms with Gasteiger partial charge in [-0.1, -0.05) is 35.5 Å². The van der Waals surface area contributed by atoms with Crippen LogP contribution in [-0.4, -0.2) is 35.2 Å². The molecule has 1 aromatic carbocycles. The molecule has 0 bridgehead atoms. The Morgan fingerprint density at radius 1 is 1.23 bits per heavy atom. The number of hydrogen-bond acceptors (Lipinski definition) is 4. The van der Waals surface area contributed by atoms with E-state index in [-0.39, 0.29) is 18.1 Å². The van der Waals surface area contributed by atoms with Crippen LogP contribution in [-0.2, 0) is 4.74 Å². The van der Waals surface area contributed by atoms with Crippen LogP contribution in [0, 0.1) is 13.8 Å². The normalized spacial score (nSPS) is 21.9. The van der Waals surface area contributed by atoms with Gasteiger partial charge in [-0.05, 0) is 26.3 Å². The molecule has 1 saturated heterocycles. The van der Waals surface area contributed by atoms with E-state index in [2.05, 4.69) is 5.16 Å². The number of aryl methyl sites for hydroxylation is 2. The Kier molecular flexibility index (Phi) is 3.98. The predicted octanol–water partition coefficient (Wildman–Crippen LogP) is 2.89. The second-order valence-electron chi connectivity index (χ2n) is 5.76. The van der Waals surface area contributed by atoms with Crippen LogP contribution in [0.5, 0.6) is 0 Å². The minimum absolute atomic E-state index is 0.0108. The van der Waals surface area contributed by atoms with E-state index in [0.29, 0.717) is 30.1 Å². The SMILES string of the molecule is Cc1noc(C)c1C(=O)N1C[C@@H](C)O[C@H](c2ccccc2)C1. The molecule has 1 fully saturated rings. The summed E-state index contributed by atoms with van der Waals surface area (Å²) >= 11 is 0. The average Bonchev–Trinajstić information content (AvgIpc) is 2.86. The van der Waals surface area contributed by atoms with Crippen LogP contribution >= 0.6 is 0 Å². The van der Waals surface area contributed by atoms with Gasteiger partial charge in [-0.25, -0.2) is 0 Å². The zero-order chi connectivity index (χ0) is 15.7. The highest BCUT2D eigenvalue weighted by molar-refractivity contribution is 5.96. The molecule has 1 aromatic heterocycles. The van der Waals surface area contributed by atoms with Crippen molar-refractivity contribution in [2.45, 2.75) is 33.0 Å². The number of hydrogen-bond donors (Lipinski definition) is 0. The lowest BCUT2D eigenvalue weighted by molar-refractivity contribution is -0.0692. The van der Waals surface area contributed by atoms with Crippen LogP contribution < -0.4 is 0 Å². The van der Waals surface area contributed by atoms with E-state index in [1.54, 1.807) is 13.8 Å². The molecule has 116 valence electrons. The molecule has 0 aliphatic carbocycles. The fourth-order valence-electron chi connectivity index (χ4n) is 2.92. The first kappa shape index (κ1) is 14.8. The Morgan fingerprint density at radius 3 is 2.59 bits per heavy atom. The van der Waals surface area contributed by atoms with Gasteiger partial charge < -0.3 is 14.2 Å². The van der Waals surface area contributed by atoms with Gasteiger partial charge in [0.2, 0.25) is 0 Å². The number of ether oxygens (including phenoxy) is 1. The van der Waals surface area contributed by atoms with Crippen molar-refractivity contribution in [3.8, 4) is 0 Å². The molecule has 0 spiro atoms. The van der Waals surface area contributed by atoms with Crippen molar-refractivity contribution in [1.82, 2.24) is 10.1 Å². The van der Waals surface area contributed by atoms with Gasteiger partial charge in [0.25, 0.3) is 5.91 Å². The molecule has 0 N–H and O–H groups in total. The van der Waals surface area contributed by atoms with Crippen molar-refractivity contribution in [3.05, 3.63) is 52.9 Å². The number of aromatic nitrogens is 1. The van der Waals surface area contributed by atoms with Gasteiger partial charge in [0, 0.05) is 6.54 Å². The number of amides is 1. The number of morpholine rings is 1. The Hall–Kier alpha value is -2.14. The van der Waals surface area contributed by atoms with Crippen LogP contribution in [0.25, 0.3) is 0 Å².